The number of carboxylic acid groups (broad SMARTS) is 1. The number of hydrogen-bond acceptors (Lipinski definition) is 4. The van der Waals surface area contributed by atoms with Gasteiger partial charge < -0.3 is 10.0 Å². The number of aliphatic carboxylic acids is 1. The molecule has 0 aliphatic carbocycles. The molecule has 2 atom stereocenters. The van der Waals surface area contributed by atoms with Gasteiger partial charge in [-0.3, -0.25) is 4.79 Å². The molecule has 1 fully saturated rings. The van der Waals surface area contributed by atoms with Crippen LogP contribution < -0.4 is 4.90 Å². The summed E-state index contributed by atoms with van der Waals surface area (Å²) >= 11 is 1.46. The van der Waals surface area contributed by atoms with E-state index in [2.05, 4.69) is 9.27 Å². The minimum Gasteiger partial charge on any atom is -0.481 e. The van der Waals surface area contributed by atoms with E-state index in [4.69, 9.17) is 0 Å². The van der Waals surface area contributed by atoms with Gasteiger partial charge in [-0.05, 0) is 29.6 Å². The molecule has 0 bridgehead atoms. The van der Waals surface area contributed by atoms with Crippen molar-refractivity contribution in [3.63, 3.8) is 0 Å². The summed E-state index contributed by atoms with van der Waals surface area (Å²) in [6, 6.07) is 8.00. The fourth-order valence-electron chi connectivity index (χ4n) is 2.56. The number of hydrogen-bond donors (Lipinski definition) is 1. The molecule has 1 aliphatic rings. The Morgan fingerprint density at radius 3 is 2.94 bits per heavy atom. The van der Waals surface area contributed by atoms with E-state index in [1.165, 1.54) is 11.5 Å². The topological polar surface area (TPSA) is 53.4 Å². The van der Waals surface area contributed by atoms with Gasteiger partial charge in [0.2, 0.25) is 0 Å². The quantitative estimate of drug-likeness (QED) is 0.903. The molecule has 0 unspecified atom stereocenters. The fourth-order valence-corrected chi connectivity index (χ4v) is 3.44. The lowest BCUT2D eigenvalue weighted by atomic mass is 9.99. The van der Waals surface area contributed by atoms with Crippen LogP contribution in [0.25, 0.3) is 10.9 Å². The van der Waals surface area contributed by atoms with Crippen molar-refractivity contribution in [3.8, 4) is 0 Å². The van der Waals surface area contributed by atoms with E-state index in [1.54, 1.807) is 0 Å². The van der Waals surface area contributed by atoms with Gasteiger partial charge in [0.05, 0.1) is 11.4 Å². The standard InChI is InChI=1S/C13H14N2O2S/c1-8-6-15(7-10(8)13(16)17)12-9-4-2-3-5-11(9)14-18-12/h2-5,8,10H,6-7H2,1H3,(H,16,17)/t8-,10-/m1/s1. The van der Waals surface area contributed by atoms with E-state index in [0.29, 0.717) is 6.54 Å². The lowest BCUT2D eigenvalue weighted by Crippen LogP contribution is -2.22. The summed E-state index contributed by atoms with van der Waals surface area (Å²) in [5, 5.41) is 11.4. The average molecular weight is 262 g/mol. The summed E-state index contributed by atoms with van der Waals surface area (Å²) in [7, 11) is 0. The second-order valence-electron chi connectivity index (χ2n) is 4.83. The van der Waals surface area contributed by atoms with E-state index < -0.39 is 5.97 Å². The van der Waals surface area contributed by atoms with E-state index in [9.17, 15) is 9.90 Å². The number of anilines is 1. The number of rotatable bonds is 2. The summed E-state index contributed by atoms with van der Waals surface area (Å²) < 4.78 is 4.41. The molecule has 18 heavy (non-hydrogen) atoms. The van der Waals surface area contributed by atoms with Crippen LogP contribution in [0.1, 0.15) is 6.92 Å². The Bertz CT molecular complexity index is 595. The smallest absolute Gasteiger partial charge is 0.308 e. The Hall–Kier alpha value is -1.62. The predicted molar refractivity (Wildman–Crippen MR) is 72.1 cm³/mol. The van der Waals surface area contributed by atoms with Gasteiger partial charge in [-0.25, -0.2) is 0 Å². The van der Waals surface area contributed by atoms with Crippen LogP contribution in [0.5, 0.6) is 0 Å². The number of fused-ring (bicyclic) bond motifs is 1. The largest absolute Gasteiger partial charge is 0.481 e. The SMILES string of the molecule is C[C@@H]1CN(c2snc3ccccc23)C[C@H]1C(=O)O. The molecule has 2 heterocycles. The van der Waals surface area contributed by atoms with Gasteiger partial charge in [0.25, 0.3) is 0 Å². The third-order valence-electron chi connectivity index (χ3n) is 3.58. The van der Waals surface area contributed by atoms with Crippen molar-refractivity contribution >= 4 is 33.4 Å². The first-order valence-corrected chi connectivity index (χ1v) is 6.76. The molecule has 3 rings (SSSR count). The molecule has 1 N–H and O–H groups in total. The van der Waals surface area contributed by atoms with Crippen LogP contribution in [0, 0.1) is 11.8 Å². The summed E-state index contributed by atoms with van der Waals surface area (Å²) in [5.41, 5.74) is 0.990. The highest BCUT2D eigenvalue weighted by Gasteiger charge is 2.35. The van der Waals surface area contributed by atoms with Crippen molar-refractivity contribution in [1.29, 1.82) is 0 Å². The number of carboxylic acids is 1. The molecular formula is C13H14N2O2S. The molecular weight excluding hydrogens is 248 g/mol. The van der Waals surface area contributed by atoms with Crippen molar-refractivity contribution in [2.45, 2.75) is 6.92 Å². The highest BCUT2D eigenvalue weighted by atomic mass is 32.1. The van der Waals surface area contributed by atoms with Gasteiger partial charge in [0.1, 0.15) is 5.00 Å². The molecule has 2 aromatic rings. The predicted octanol–water partition coefficient (Wildman–Crippen LogP) is 2.45. The molecule has 4 nitrogen and oxygen atoms in total. The Morgan fingerprint density at radius 1 is 1.44 bits per heavy atom. The first-order chi connectivity index (χ1) is 8.66. The highest BCUT2D eigenvalue weighted by Crippen LogP contribution is 2.36. The van der Waals surface area contributed by atoms with E-state index in [-0.39, 0.29) is 11.8 Å². The van der Waals surface area contributed by atoms with Crippen molar-refractivity contribution in [2.75, 3.05) is 18.0 Å². The Balaban J connectivity index is 1.95. The lowest BCUT2D eigenvalue weighted by molar-refractivity contribution is -0.142. The lowest BCUT2D eigenvalue weighted by Gasteiger charge is -2.15. The molecule has 5 heteroatoms. The average Bonchev–Trinajstić information content (AvgIpc) is 2.92. The normalized spacial score (nSPS) is 23.7. The molecule has 1 aliphatic heterocycles. The number of benzene rings is 1. The van der Waals surface area contributed by atoms with Gasteiger partial charge in [-0.1, -0.05) is 19.1 Å². The molecule has 0 radical (unpaired) electrons. The van der Waals surface area contributed by atoms with Crippen LogP contribution in [0.15, 0.2) is 24.3 Å². The van der Waals surface area contributed by atoms with Crippen LogP contribution >= 0.6 is 11.5 Å². The maximum atomic E-state index is 11.2. The molecule has 1 aromatic heterocycles. The monoisotopic (exact) mass is 262 g/mol. The van der Waals surface area contributed by atoms with Gasteiger partial charge >= 0.3 is 5.97 Å². The Labute approximate surface area is 109 Å². The van der Waals surface area contributed by atoms with E-state index in [0.717, 1.165) is 22.4 Å². The van der Waals surface area contributed by atoms with Gasteiger partial charge in [-0.15, -0.1) is 0 Å². The first kappa shape index (κ1) is 11.5. The van der Waals surface area contributed by atoms with Gasteiger partial charge in [-0.2, -0.15) is 4.37 Å². The molecule has 1 saturated heterocycles. The van der Waals surface area contributed by atoms with Crippen molar-refractivity contribution < 1.29 is 9.90 Å². The number of carbonyl (C=O) groups is 1. The summed E-state index contributed by atoms with van der Waals surface area (Å²) in [6.45, 7) is 3.38. The second kappa shape index (κ2) is 4.24. The second-order valence-corrected chi connectivity index (χ2v) is 5.58. The maximum absolute atomic E-state index is 11.2. The summed E-state index contributed by atoms with van der Waals surface area (Å²) in [6.07, 6.45) is 0. The zero-order valence-electron chi connectivity index (χ0n) is 10.0. The maximum Gasteiger partial charge on any atom is 0.308 e. The highest BCUT2D eigenvalue weighted by molar-refractivity contribution is 7.11. The Kier molecular flexibility index (Phi) is 2.70. The zero-order chi connectivity index (χ0) is 12.7. The van der Waals surface area contributed by atoms with E-state index >= 15 is 0 Å². The third-order valence-corrected chi connectivity index (χ3v) is 4.52. The minimum absolute atomic E-state index is 0.184. The van der Waals surface area contributed by atoms with Crippen molar-refractivity contribution in [2.24, 2.45) is 11.8 Å². The molecule has 1 aromatic carbocycles. The minimum atomic E-state index is -0.696. The summed E-state index contributed by atoms with van der Waals surface area (Å²) in [4.78, 5) is 13.3. The fraction of sp³-hybridized carbons (Fsp3) is 0.385. The number of aromatic nitrogens is 1. The zero-order valence-corrected chi connectivity index (χ0v) is 10.9. The van der Waals surface area contributed by atoms with Crippen LogP contribution in [-0.2, 0) is 4.79 Å². The van der Waals surface area contributed by atoms with Crippen LogP contribution in [0.4, 0.5) is 5.00 Å². The third kappa shape index (κ3) is 1.75. The van der Waals surface area contributed by atoms with Gasteiger partial charge in [0.15, 0.2) is 0 Å². The molecule has 0 saturated carbocycles. The van der Waals surface area contributed by atoms with Gasteiger partial charge in [0, 0.05) is 18.5 Å². The van der Waals surface area contributed by atoms with Crippen LogP contribution in [0.3, 0.4) is 0 Å². The van der Waals surface area contributed by atoms with Crippen molar-refractivity contribution in [3.05, 3.63) is 24.3 Å². The van der Waals surface area contributed by atoms with Crippen LogP contribution in [-0.4, -0.2) is 28.5 Å². The molecule has 0 amide bonds. The van der Waals surface area contributed by atoms with E-state index in [1.807, 2.05) is 31.2 Å². The number of nitrogens with zero attached hydrogens (tertiary/aromatic N) is 2. The Morgan fingerprint density at radius 2 is 2.22 bits per heavy atom. The van der Waals surface area contributed by atoms with Crippen molar-refractivity contribution in [1.82, 2.24) is 4.37 Å². The first-order valence-electron chi connectivity index (χ1n) is 5.99. The van der Waals surface area contributed by atoms with Crippen LogP contribution in [0.2, 0.25) is 0 Å². The molecule has 0 spiro atoms. The molecule has 94 valence electrons. The summed E-state index contributed by atoms with van der Waals surface area (Å²) in [5.74, 6) is -0.784.